The molecule has 2 aliphatic heterocycles. The van der Waals surface area contributed by atoms with Gasteiger partial charge in [-0.1, -0.05) is 0 Å². The van der Waals surface area contributed by atoms with E-state index in [0.29, 0.717) is 25.7 Å². The lowest BCUT2D eigenvalue weighted by atomic mass is 9.91. The molecule has 2 fully saturated rings. The number of hydrogen-bond acceptors (Lipinski definition) is 4. The second-order valence-electron chi connectivity index (χ2n) is 7.53. The first-order chi connectivity index (χ1) is 13.2. The van der Waals surface area contributed by atoms with Gasteiger partial charge in [-0.3, -0.25) is 14.3 Å². The van der Waals surface area contributed by atoms with Crippen molar-refractivity contribution >= 4 is 11.8 Å². The summed E-state index contributed by atoms with van der Waals surface area (Å²) in [6, 6.07) is 2.25. The highest BCUT2D eigenvalue weighted by Crippen LogP contribution is 2.26. The Balaban J connectivity index is 1.50. The van der Waals surface area contributed by atoms with Gasteiger partial charge < -0.3 is 14.5 Å². The van der Waals surface area contributed by atoms with E-state index in [-0.39, 0.29) is 24.3 Å². The minimum absolute atomic E-state index is 0.0396. The van der Waals surface area contributed by atoms with Crippen molar-refractivity contribution in [3.8, 4) is 0 Å². The average molecular weight is 377 g/mol. The van der Waals surface area contributed by atoms with Crippen LogP contribution < -0.4 is 0 Å². The number of likely N-dealkylation sites (tertiary alicyclic amines) is 2. The van der Waals surface area contributed by atoms with Crippen molar-refractivity contribution in [3.63, 3.8) is 0 Å². The van der Waals surface area contributed by atoms with Crippen LogP contribution in [0.15, 0.2) is 18.5 Å². The third-order valence-electron chi connectivity index (χ3n) is 5.79. The fraction of sp³-hybridized carbons (Fsp3) is 0.750. The Labute approximate surface area is 161 Å². The van der Waals surface area contributed by atoms with Gasteiger partial charge in [-0.2, -0.15) is 5.10 Å². The van der Waals surface area contributed by atoms with E-state index in [0.717, 1.165) is 45.2 Å². The number of piperidine rings is 2. The summed E-state index contributed by atoms with van der Waals surface area (Å²) in [7, 11) is 0. The molecule has 0 spiro atoms. The van der Waals surface area contributed by atoms with Crippen molar-refractivity contribution < 1.29 is 14.3 Å². The van der Waals surface area contributed by atoms with Crippen LogP contribution in [0.4, 0.5) is 0 Å². The Morgan fingerprint density at radius 1 is 1.15 bits per heavy atom. The van der Waals surface area contributed by atoms with Crippen molar-refractivity contribution in [1.29, 1.82) is 0 Å². The molecule has 1 atom stereocenters. The Hall–Kier alpha value is -1.89. The number of ether oxygens (including phenoxy) is 1. The molecular weight excluding hydrogens is 344 g/mol. The molecule has 2 saturated heterocycles. The smallest absolute Gasteiger partial charge is 0.248 e. The molecule has 0 saturated carbocycles. The summed E-state index contributed by atoms with van der Waals surface area (Å²) in [6.07, 6.45) is 9.62. The van der Waals surface area contributed by atoms with Gasteiger partial charge >= 0.3 is 0 Å². The first-order valence-corrected chi connectivity index (χ1v) is 10.3. The van der Waals surface area contributed by atoms with Gasteiger partial charge in [0.05, 0.1) is 0 Å². The van der Waals surface area contributed by atoms with Gasteiger partial charge in [0, 0.05) is 57.1 Å². The molecule has 27 heavy (non-hydrogen) atoms. The highest BCUT2D eigenvalue weighted by Gasteiger charge is 2.34. The van der Waals surface area contributed by atoms with E-state index in [2.05, 4.69) is 10.00 Å². The maximum atomic E-state index is 13.1. The van der Waals surface area contributed by atoms with Crippen LogP contribution in [-0.2, 0) is 20.9 Å². The Morgan fingerprint density at radius 2 is 1.96 bits per heavy atom. The van der Waals surface area contributed by atoms with Crippen LogP contribution in [0, 0.1) is 5.92 Å². The summed E-state index contributed by atoms with van der Waals surface area (Å²) in [4.78, 5) is 29.2. The van der Waals surface area contributed by atoms with Crippen LogP contribution in [0.1, 0.15) is 45.4 Å². The Kier molecular flexibility index (Phi) is 7.26. The number of hydrogen-bond donors (Lipinski definition) is 0. The van der Waals surface area contributed by atoms with Gasteiger partial charge in [-0.15, -0.1) is 0 Å². The topological polar surface area (TPSA) is 67.7 Å². The molecule has 3 heterocycles. The molecule has 1 aromatic rings. The molecule has 0 aromatic carbocycles. The molecule has 0 bridgehead atoms. The molecule has 7 heteroatoms. The van der Waals surface area contributed by atoms with Crippen LogP contribution in [0.3, 0.4) is 0 Å². The van der Waals surface area contributed by atoms with E-state index in [1.165, 1.54) is 6.42 Å². The molecule has 3 rings (SSSR count). The van der Waals surface area contributed by atoms with Gasteiger partial charge in [-0.25, -0.2) is 0 Å². The maximum Gasteiger partial charge on any atom is 0.248 e. The van der Waals surface area contributed by atoms with Crippen LogP contribution in [-0.4, -0.2) is 70.3 Å². The standard InChI is InChI=1S/C20H32N4O3/c1-2-27-16-19(25)22-13-7-17(8-14-22)20(26)24-12-4-3-6-18(24)9-15-23-11-5-10-21-23/h5,10-11,17-18H,2-4,6-9,12-16H2,1H3/t18-/m0/s1. The van der Waals surface area contributed by atoms with Gasteiger partial charge in [-0.05, 0) is 51.5 Å². The molecule has 150 valence electrons. The molecule has 1 aromatic heterocycles. The zero-order valence-corrected chi connectivity index (χ0v) is 16.4. The van der Waals surface area contributed by atoms with Crippen LogP contribution >= 0.6 is 0 Å². The van der Waals surface area contributed by atoms with E-state index < -0.39 is 0 Å². The largest absolute Gasteiger partial charge is 0.372 e. The lowest BCUT2D eigenvalue weighted by Gasteiger charge is -2.40. The molecule has 0 N–H and O–H groups in total. The fourth-order valence-corrected chi connectivity index (χ4v) is 4.20. The van der Waals surface area contributed by atoms with E-state index in [1.54, 1.807) is 6.20 Å². The lowest BCUT2D eigenvalue weighted by molar-refractivity contribution is -0.145. The van der Waals surface area contributed by atoms with E-state index >= 15 is 0 Å². The first kappa shape index (κ1) is 19.9. The summed E-state index contributed by atoms with van der Waals surface area (Å²) < 4.78 is 7.16. The number of carbonyl (C=O) groups excluding carboxylic acids is 2. The SMILES string of the molecule is CCOCC(=O)N1CCC(C(=O)N2CCCC[C@H]2CCn2cccn2)CC1. The minimum atomic E-state index is 0.0396. The summed E-state index contributed by atoms with van der Waals surface area (Å²) in [5, 5.41) is 4.27. The number of aryl methyl sites for hydroxylation is 1. The van der Waals surface area contributed by atoms with Crippen LogP contribution in [0.25, 0.3) is 0 Å². The monoisotopic (exact) mass is 376 g/mol. The second kappa shape index (κ2) is 9.88. The van der Waals surface area contributed by atoms with E-state index in [4.69, 9.17) is 4.74 Å². The predicted octanol–water partition coefficient (Wildman–Crippen LogP) is 1.93. The average Bonchev–Trinajstić information content (AvgIpc) is 3.24. The molecule has 2 aliphatic rings. The number of rotatable bonds is 7. The maximum absolute atomic E-state index is 13.1. The molecule has 0 aliphatic carbocycles. The number of nitrogens with zero attached hydrogens (tertiary/aromatic N) is 4. The molecule has 7 nitrogen and oxygen atoms in total. The number of amides is 2. The minimum Gasteiger partial charge on any atom is -0.372 e. The van der Waals surface area contributed by atoms with Crippen molar-refractivity contribution in [2.45, 2.75) is 58.0 Å². The summed E-state index contributed by atoms with van der Waals surface area (Å²) >= 11 is 0. The second-order valence-corrected chi connectivity index (χ2v) is 7.53. The lowest BCUT2D eigenvalue weighted by Crippen LogP contribution is -2.50. The highest BCUT2D eigenvalue weighted by atomic mass is 16.5. The molecular formula is C20H32N4O3. The molecule has 0 radical (unpaired) electrons. The number of aromatic nitrogens is 2. The number of carbonyl (C=O) groups is 2. The van der Waals surface area contributed by atoms with E-state index in [1.807, 2.05) is 28.8 Å². The van der Waals surface area contributed by atoms with Gasteiger partial charge in [0.25, 0.3) is 0 Å². The van der Waals surface area contributed by atoms with Crippen molar-refractivity contribution in [2.75, 3.05) is 32.8 Å². The van der Waals surface area contributed by atoms with Crippen LogP contribution in [0.5, 0.6) is 0 Å². The third kappa shape index (κ3) is 5.31. The third-order valence-corrected chi connectivity index (χ3v) is 5.79. The molecule has 2 amide bonds. The summed E-state index contributed by atoms with van der Waals surface area (Å²) in [6.45, 7) is 5.63. The predicted molar refractivity (Wildman–Crippen MR) is 102 cm³/mol. The van der Waals surface area contributed by atoms with Gasteiger partial charge in [0.15, 0.2) is 0 Å². The quantitative estimate of drug-likeness (QED) is 0.729. The summed E-state index contributed by atoms with van der Waals surface area (Å²) in [5.41, 5.74) is 0. The van der Waals surface area contributed by atoms with Gasteiger partial charge in [0.1, 0.15) is 6.61 Å². The molecule has 0 unspecified atom stereocenters. The highest BCUT2D eigenvalue weighted by molar-refractivity contribution is 5.81. The Bertz CT molecular complexity index is 596. The van der Waals surface area contributed by atoms with Gasteiger partial charge in [0.2, 0.25) is 11.8 Å². The first-order valence-electron chi connectivity index (χ1n) is 10.3. The summed E-state index contributed by atoms with van der Waals surface area (Å²) in [5.74, 6) is 0.376. The fourth-order valence-electron chi connectivity index (χ4n) is 4.20. The van der Waals surface area contributed by atoms with Crippen molar-refractivity contribution in [1.82, 2.24) is 19.6 Å². The zero-order chi connectivity index (χ0) is 19.1. The normalized spacial score (nSPS) is 21.4. The van der Waals surface area contributed by atoms with Crippen LogP contribution in [0.2, 0.25) is 0 Å². The van der Waals surface area contributed by atoms with E-state index in [9.17, 15) is 9.59 Å². The van der Waals surface area contributed by atoms with Crippen molar-refractivity contribution in [2.24, 2.45) is 5.92 Å². The van der Waals surface area contributed by atoms with Crippen molar-refractivity contribution in [3.05, 3.63) is 18.5 Å². The zero-order valence-electron chi connectivity index (χ0n) is 16.4. The Morgan fingerprint density at radius 3 is 2.67 bits per heavy atom.